The van der Waals surface area contributed by atoms with E-state index in [0.717, 1.165) is 5.56 Å². The van der Waals surface area contributed by atoms with Gasteiger partial charge >= 0.3 is 0 Å². The Kier molecular flexibility index (Phi) is 5.75. The summed E-state index contributed by atoms with van der Waals surface area (Å²) in [5.41, 5.74) is 7.83. The number of nitrogens with zero attached hydrogens (tertiary/aromatic N) is 1. The maximum absolute atomic E-state index is 9.59. The average Bonchev–Trinajstić information content (AvgIpc) is 2.36. The van der Waals surface area contributed by atoms with E-state index in [2.05, 4.69) is 23.2 Å². The smallest absolute Gasteiger partial charge is 0.214 e. The standard InChI is InChI=1S/C16H21N3O2/c1-11-8-12(13(10-17)9-14(11)18)6-5-7-19-15(20)21-16(2,3)4/h8-9,15,19-20H,7,18H2,1-4H3. The summed E-state index contributed by atoms with van der Waals surface area (Å²) in [4.78, 5) is 0. The molecule has 1 aromatic rings. The third-order valence-electron chi connectivity index (χ3n) is 2.58. The van der Waals surface area contributed by atoms with E-state index in [1.54, 1.807) is 12.1 Å². The van der Waals surface area contributed by atoms with E-state index in [-0.39, 0.29) is 6.54 Å². The Hall–Kier alpha value is -2.05. The van der Waals surface area contributed by atoms with Crippen LogP contribution in [0.5, 0.6) is 0 Å². The fraction of sp³-hybridized carbons (Fsp3) is 0.438. The lowest BCUT2D eigenvalue weighted by Gasteiger charge is -2.23. The molecule has 0 aliphatic rings. The largest absolute Gasteiger partial charge is 0.398 e. The number of nitrogens with one attached hydrogen (secondary N) is 1. The van der Waals surface area contributed by atoms with Gasteiger partial charge in [0.05, 0.1) is 17.7 Å². The number of hydrogen-bond acceptors (Lipinski definition) is 5. The van der Waals surface area contributed by atoms with Gasteiger partial charge in [0.1, 0.15) is 6.07 Å². The van der Waals surface area contributed by atoms with E-state index in [1.165, 1.54) is 0 Å². The summed E-state index contributed by atoms with van der Waals surface area (Å²) >= 11 is 0. The van der Waals surface area contributed by atoms with Gasteiger partial charge in [0.15, 0.2) is 0 Å². The fourth-order valence-electron chi connectivity index (χ4n) is 1.57. The molecule has 0 amide bonds. The van der Waals surface area contributed by atoms with Crippen LogP contribution in [0.3, 0.4) is 0 Å². The minimum absolute atomic E-state index is 0.242. The molecule has 0 aliphatic heterocycles. The first-order valence-corrected chi connectivity index (χ1v) is 6.61. The molecule has 5 nitrogen and oxygen atoms in total. The monoisotopic (exact) mass is 287 g/mol. The van der Waals surface area contributed by atoms with E-state index < -0.39 is 12.0 Å². The van der Waals surface area contributed by atoms with Crippen molar-refractivity contribution in [1.82, 2.24) is 5.32 Å². The predicted octanol–water partition coefficient (Wildman–Crippen LogP) is 1.48. The molecule has 0 heterocycles. The molecule has 0 saturated heterocycles. The van der Waals surface area contributed by atoms with Gasteiger partial charge in [-0.2, -0.15) is 5.26 Å². The third-order valence-corrected chi connectivity index (χ3v) is 2.58. The number of aliphatic hydroxyl groups is 1. The van der Waals surface area contributed by atoms with E-state index in [9.17, 15) is 5.11 Å². The summed E-state index contributed by atoms with van der Waals surface area (Å²) in [7, 11) is 0. The summed E-state index contributed by atoms with van der Waals surface area (Å²) in [6.07, 6.45) is -1.08. The van der Waals surface area contributed by atoms with Crippen LogP contribution < -0.4 is 11.1 Å². The Morgan fingerprint density at radius 1 is 1.38 bits per heavy atom. The molecule has 0 fully saturated rings. The topological polar surface area (TPSA) is 91.3 Å². The lowest BCUT2D eigenvalue weighted by molar-refractivity contribution is -0.179. The predicted molar refractivity (Wildman–Crippen MR) is 82.0 cm³/mol. The maximum atomic E-state index is 9.59. The van der Waals surface area contributed by atoms with E-state index >= 15 is 0 Å². The summed E-state index contributed by atoms with van der Waals surface area (Å²) in [5.74, 6) is 5.74. The molecular weight excluding hydrogens is 266 g/mol. The van der Waals surface area contributed by atoms with Crippen LogP contribution in [-0.4, -0.2) is 23.7 Å². The molecule has 1 unspecified atom stereocenters. The van der Waals surface area contributed by atoms with Crippen molar-refractivity contribution in [2.24, 2.45) is 0 Å². The molecule has 5 heteroatoms. The van der Waals surface area contributed by atoms with Crippen molar-refractivity contribution in [3.63, 3.8) is 0 Å². The first-order valence-electron chi connectivity index (χ1n) is 6.61. The SMILES string of the molecule is Cc1cc(C#CCNC(O)OC(C)(C)C)c(C#N)cc1N. The van der Waals surface area contributed by atoms with Crippen molar-refractivity contribution in [2.75, 3.05) is 12.3 Å². The Morgan fingerprint density at radius 3 is 2.62 bits per heavy atom. The fourth-order valence-corrected chi connectivity index (χ4v) is 1.57. The van der Waals surface area contributed by atoms with E-state index in [1.807, 2.05) is 27.7 Å². The number of hydrogen-bond donors (Lipinski definition) is 3. The average molecular weight is 287 g/mol. The van der Waals surface area contributed by atoms with Crippen LogP contribution >= 0.6 is 0 Å². The Bertz CT molecular complexity index is 601. The lowest BCUT2D eigenvalue weighted by Crippen LogP contribution is -2.38. The van der Waals surface area contributed by atoms with Gasteiger partial charge in [0, 0.05) is 11.3 Å². The van der Waals surface area contributed by atoms with Crippen LogP contribution in [0.1, 0.15) is 37.5 Å². The quantitative estimate of drug-likeness (QED) is 0.445. The molecule has 1 aromatic carbocycles. The number of nitrogens with two attached hydrogens (primary N) is 1. The Balaban J connectivity index is 2.68. The van der Waals surface area contributed by atoms with Crippen LogP contribution in [0.2, 0.25) is 0 Å². The van der Waals surface area contributed by atoms with Gasteiger partial charge in [-0.3, -0.25) is 5.32 Å². The minimum atomic E-state index is -1.08. The van der Waals surface area contributed by atoms with Crippen molar-refractivity contribution in [2.45, 2.75) is 39.7 Å². The van der Waals surface area contributed by atoms with E-state index in [0.29, 0.717) is 16.8 Å². The zero-order valence-electron chi connectivity index (χ0n) is 12.8. The number of aliphatic hydroxyl groups excluding tert-OH is 1. The van der Waals surface area contributed by atoms with Gasteiger partial charge in [0.2, 0.25) is 6.41 Å². The second-order valence-corrected chi connectivity index (χ2v) is 5.63. The molecule has 112 valence electrons. The molecule has 21 heavy (non-hydrogen) atoms. The van der Waals surface area contributed by atoms with Crippen molar-refractivity contribution >= 4 is 5.69 Å². The van der Waals surface area contributed by atoms with Gasteiger partial charge in [-0.1, -0.05) is 11.8 Å². The molecule has 0 bridgehead atoms. The second-order valence-electron chi connectivity index (χ2n) is 5.63. The van der Waals surface area contributed by atoms with Crippen LogP contribution in [-0.2, 0) is 4.74 Å². The molecule has 0 aromatic heterocycles. The first kappa shape index (κ1) is 17.0. The van der Waals surface area contributed by atoms with Crippen molar-refractivity contribution in [1.29, 1.82) is 5.26 Å². The zero-order valence-corrected chi connectivity index (χ0v) is 12.8. The molecule has 0 saturated carbocycles. The van der Waals surface area contributed by atoms with Crippen molar-refractivity contribution < 1.29 is 9.84 Å². The summed E-state index contributed by atoms with van der Waals surface area (Å²) in [5, 5.41) is 21.4. The summed E-state index contributed by atoms with van der Waals surface area (Å²) < 4.78 is 5.28. The van der Waals surface area contributed by atoms with Crippen LogP contribution in [0.25, 0.3) is 0 Å². The van der Waals surface area contributed by atoms with Crippen LogP contribution in [0.4, 0.5) is 5.69 Å². The van der Waals surface area contributed by atoms with Crippen LogP contribution in [0.15, 0.2) is 12.1 Å². The number of nitrogen functional groups attached to an aromatic ring is 1. The normalized spacial score (nSPS) is 12.2. The Morgan fingerprint density at radius 2 is 2.05 bits per heavy atom. The van der Waals surface area contributed by atoms with E-state index in [4.69, 9.17) is 15.7 Å². The molecular formula is C16H21N3O2. The highest BCUT2D eigenvalue weighted by Crippen LogP contribution is 2.16. The van der Waals surface area contributed by atoms with Crippen LogP contribution in [0, 0.1) is 30.1 Å². The Labute approximate surface area is 125 Å². The minimum Gasteiger partial charge on any atom is -0.398 e. The number of aryl methyl sites for hydroxylation is 1. The highest BCUT2D eigenvalue weighted by Gasteiger charge is 2.15. The molecule has 4 N–H and O–H groups in total. The number of ether oxygens (including phenoxy) is 1. The highest BCUT2D eigenvalue weighted by atomic mass is 16.6. The summed E-state index contributed by atoms with van der Waals surface area (Å²) in [6, 6.07) is 5.46. The molecule has 0 aliphatic carbocycles. The maximum Gasteiger partial charge on any atom is 0.214 e. The molecule has 0 radical (unpaired) electrons. The highest BCUT2D eigenvalue weighted by molar-refractivity contribution is 5.59. The lowest BCUT2D eigenvalue weighted by atomic mass is 10.0. The first-order chi connectivity index (χ1) is 9.73. The molecule has 1 atom stereocenters. The number of rotatable bonds is 3. The second kappa shape index (κ2) is 7.10. The van der Waals surface area contributed by atoms with Gasteiger partial charge in [-0.25, -0.2) is 0 Å². The van der Waals surface area contributed by atoms with Gasteiger partial charge in [-0.15, -0.1) is 0 Å². The van der Waals surface area contributed by atoms with Gasteiger partial charge in [0.25, 0.3) is 0 Å². The van der Waals surface area contributed by atoms with Gasteiger partial charge in [-0.05, 0) is 45.4 Å². The molecule has 0 spiro atoms. The zero-order chi connectivity index (χ0) is 16.0. The molecule has 1 rings (SSSR count). The third kappa shape index (κ3) is 5.85. The number of benzene rings is 1. The van der Waals surface area contributed by atoms with Gasteiger partial charge < -0.3 is 15.6 Å². The van der Waals surface area contributed by atoms with Crippen molar-refractivity contribution in [3.8, 4) is 17.9 Å². The summed E-state index contributed by atoms with van der Waals surface area (Å²) in [6.45, 7) is 7.64. The number of anilines is 1. The van der Waals surface area contributed by atoms with Crippen molar-refractivity contribution in [3.05, 3.63) is 28.8 Å². The number of nitriles is 1.